The molecule has 0 aromatic carbocycles. The minimum absolute atomic E-state index is 0.221. The highest BCUT2D eigenvalue weighted by Crippen LogP contribution is 1.86. The minimum Gasteiger partial charge on any atom is -0.445 e. The van der Waals surface area contributed by atoms with Crippen LogP contribution < -0.4 is 5.32 Å². The van der Waals surface area contributed by atoms with Crippen LogP contribution in [0.4, 0.5) is 4.79 Å². The average Bonchev–Trinajstić information content (AvgIpc) is 2.13. The van der Waals surface area contributed by atoms with Gasteiger partial charge in [-0.05, 0) is 6.92 Å². The maximum Gasteiger partial charge on any atom is 0.407 e. The van der Waals surface area contributed by atoms with Gasteiger partial charge in [0.1, 0.15) is 6.61 Å². The number of ether oxygens (including phenoxy) is 2. The zero-order chi connectivity index (χ0) is 10.8. The smallest absolute Gasteiger partial charge is 0.407 e. The van der Waals surface area contributed by atoms with Gasteiger partial charge in [0.25, 0.3) is 0 Å². The van der Waals surface area contributed by atoms with Crippen molar-refractivity contribution in [1.82, 2.24) is 5.32 Å². The van der Waals surface area contributed by atoms with Gasteiger partial charge in [0.05, 0.1) is 13.2 Å². The Balaban J connectivity index is 3.22. The first-order valence-electron chi connectivity index (χ1n) is 4.40. The van der Waals surface area contributed by atoms with E-state index in [0.29, 0.717) is 19.8 Å². The molecule has 14 heavy (non-hydrogen) atoms. The third kappa shape index (κ3) is 8.80. The highest BCUT2D eigenvalue weighted by atomic mass is 16.5. The molecule has 0 aromatic heterocycles. The summed E-state index contributed by atoms with van der Waals surface area (Å²) in [6, 6.07) is 0. The molecule has 0 radical (unpaired) electrons. The van der Waals surface area contributed by atoms with Gasteiger partial charge in [0.15, 0.2) is 0 Å². The van der Waals surface area contributed by atoms with Crippen LogP contribution in [0, 0.1) is 0 Å². The zero-order valence-corrected chi connectivity index (χ0v) is 8.54. The summed E-state index contributed by atoms with van der Waals surface area (Å²) in [5.74, 6) is 0. The molecule has 0 unspecified atom stereocenters. The number of hydrogen-bond acceptors (Lipinski definition) is 3. The van der Waals surface area contributed by atoms with Crippen molar-refractivity contribution in [2.45, 2.75) is 6.92 Å². The van der Waals surface area contributed by atoms with Gasteiger partial charge in [-0.15, -0.1) is 0 Å². The van der Waals surface area contributed by atoms with Gasteiger partial charge in [-0.1, -0.05) is 24.8 Å². The molecule has 0 aliphatic heterocycles. The molecule has 0 spiro atoms. The Labute approximate surface area is 84.6 Å². The van der Waals surface area contributed by atoms with Crippen LogP contribution in [0.3, 0.4) is 0 Å². The summed E-state index contributed by atoms with van der Waals surface area (Å²) in [6.07, 6.45) is 1.06. The lowest BCUT2D eigenvalue weighted by Gasteiger charge is -2.05. The van der Waals surface area contributed by atoms with Gasteiger partial charge in [-0.3, -0.25) is 0 Å². The van der Waals surface area contributed by atoms with E-state index in [-0.39, 0.29) is 6.61 Å². The molecule has 0 saturated heterocycles. The molecule has 0 saturated carbocycles. The Morgan fingerprint density at radius 1 is 1.57 bits per heavy atom. The summed E-state index contributed by atoms with van der Waals surface area (Å²) in [5.41, 5.74) is 0.958. The maximum absolute atomic E-state index is 10.8. The van der Waals surface area contributed by atoms with Crippen LogP contribution in [-0.4, -0.2) is 32.5 Å². The molecule has 0 fully saturated rings. The SMILES string of the molecule is C=CCOC(=O)NCCOCC(=C)C. The van der Waals surface area contributed by atoms with Crippen molar-refractivity contribution in [3.63, 3.8) is 0 Å². The summed E-state index contributed by atoms with van der Waals surface area (Å²) >= 11 is 0. The third-order valence-electron chi connectivity index (χ3n) is 1.20. The molecule has 1 N–H and O–H groups in total. The van der Waals surface area contributed by atoms with E-state index >= 15 is 0 Å². The molecular weight excluding hydrogens is 182 g/mol. The van der Waals surface area contributed by atoms with Crippen LogP contribution in [0.2, 0.25) is 0 Å². The fraction of sp³-hybridized carbons (Fsp3) is 0.500. The number of carbonyl (C=O) groups is 1. The Bertz CT molecular complexity index is 202. The molecule has 1 amide bonds. The maximum atomic E-state index is 10.8. The molecule has 0 heterocycles. The molecule has 0 aliphatic carbocycles. The Morgan fingerprint density at radius 3 is 2.86 bits per heavy atom. The van der Waals surface area contributed by atoms with Gasteiger partial charge < -0.3 is 14.8 Å². The molecule has 0 rings (SSSR count). The summed E-state index contributed by atoms with van der Waals surface area (Å²) < 4.78 is 9.84. The van der Waals surface area contributed by atoms with E-state index in [1.165, 1.54) is 6.08 Å². The molecule has 0 aliphatic rings. The highest BCUT2D eigenvalue weighted by Gasteiger charge is 1.98. The van der Waals surface area contributed by atoms with Crippen molar-refractivity contribution in [2.24, 2.45) is 0 Å². The summed E-state index contributed by atoms with van der Waals surface area (Å²) in [4.78, 5) is 10.8. The predicted molar refractivity (Wildman–Crippen MR) is 55.2 cm³/mol. The van der Waals surface area contributed by atoms with E-state index in [0.717, 1.165) is 5.57 Å². The first-order chi connectivity index (χ1) is 6.66. The van der Waals surface area contributed by atoms with E-state index in [4.69, 9.17) is 4.74 Å². The molecule has 4 nitrogen and oxygen atoms in total. The molecular formula is C10H17NO3. The second-order valence-corrected chi connectivity index (χ2v) is 2.82. The predicted octanol–water partition coefficient (Wildman–Crippen LogP) is 1.49. The van der Waals surface area contributed by atoms with Crippen LogP contribution in [0.25, 0.3) is 0 Å². The Kier molecular flexibility index (Phi) is 7.55. The first-order valence-corrected chi connectivity index (χ1v) is 4.40. The lowest BCUT2D eigenvalue weighted by molar-refractivity contribution is 0.138. The molecule has 80 valence electrons. The fourth-order valence-electron chi connectivity index (χ4n) is 0.657. The van der Waals surface area contributed by atoms with Gasteiger partial charge in [-0.2, -0.15) is 0 Å². The number of hydrogen-bond donors (Lipinski definition) is 1. The fourth-order valence-corrected chi connectivity index (χ4v) is 0.657. The van der Waals surface area contributed by atoms with Crippen LogP contribution in [0.5, 0.6) is 0 Å². The number of rotatable bonds is 7. The Hall–Kier alpha value is -1.29. The normalized spacial score (nSPS) is 9.21. The number of carbonyl (C=O) groups excluding carboxylic acids is 1. The van der Waals surface area contributed by atoms with Crippen molar-refractivity contribution in [1.29, 1.82) is 0 Å². The van der Waals surface area contributed by atoms with E-state index in [9.17, 15) is 4.79 Å². The van der Waals surface area contributed by atoms with E-state index < -0.39 is 6.09 Å². The third-order valence-corrected chi connectivity index (χ3v) is 1.20. The Morgan fingerprint density at radius 2 is 2.29 bits per heavy atom. The van der Waals surface area contributed by atoms with Crippen molar-refractivity contribution in [3.8, 4) is 0 Å². The first kappa shape index (κ1) is 12.7. The second kappa shape index (κ2) is 8.31. The van der Waals surface area contributed by atoms with Gasteiger partial charge >= 0.3 is 6.09 Å². The van der Waals surface area contributed by atoms with E-state index in [1.54, 1.807) is 0 Å². The molecule has 0 aromatic rings. The number of nitrogens with one attached hydrogen (secondary N) is 1. The largest absolute Gasteiger partial charge is 0.445 e. The van der Waals surface area contributed by atoms with Gasteiger partial charge in [0.2, 0.25) is 0 Å². The second-order valence-electron chi connectivity index (χ2n) is 2.82. The van der Waals surface area contributed by atoms with Crippen LogP contribution >= 0.6 is 0 Å². The monoisotopic (exact) mass is 199 g/mol. The van der Waals surface area contributed by atoms with Crippen LogP contribution in [0.15, 0.2) is 24.8 Å². The highest BCUT2D eigenvalue weighted by molar-refractivity contribution is 5.67. The van der Waals surface area contributed by atoms with E-state index in [2.05, 4.69) is 23.2 Å². The van der Waals surface area contributed by atoms with Crippen LogP contribution in [-0.2, 0) is 9.47 Å². The molecule has 0 bridgehead atoms. The van der Waals surface area contributed by atoms with Crippen molar-refractivity contribution in [2.75, 3.05) is 26.4 Å². The van der Waals surface area contributed by atoms with Crippen molar-refractivity contribution < 1.29 is 14.3 Å². The number of alkyl carbamates (subject to hydrolysis) is 1. The minimum atomic E-state index is -0.455. The molecule has 4 heteroatoms. The zero-order valence-electron chi connectivity index (χ0n) is 8.54. The van der Waals surface area contributed by atoms with Crippen molar-refractivity contribution >= 4 is 6.09 Å². The summed E-state index contributed by atoms with van der Waals surface area (Å²) in [6.45, 7) is 10.6. The van der Waals surface area contributed by atoms with E-state index in [1.807, 2.05) is 6.92 Å². The lowest BCUT2D eigenvalue weighted by Crippen LogP contribution is -2.28. The average molecular weight is 199 g/mol. The van der Waals surface area contributed by atoms with Crippen molar-refractivity contribution in [3.05, 3.63) is 24.8 Å². The van der Waals surface area contributed by atoms with Gasteiger partial charge in [-0.25, -0.2) is 4.79 Å². The summed E-state index contributed by atoms with van der Waals surface area (Å²) in [7, 11) is 0. The standard InChI is InChI=1S/C10H17NO3/c1-4-6-14-10(12)11-5-7-13-8-9(2)3/h4H,1-2,5-8H2,3H3,(H,11,12). The number of amides is 1. The van der Waals surface area contributed by atoms with Gasteiger partial charge in [0, 0.05) is 6.54 Å². The summed E-state index contributed by atoms with van der Waals surface area (Å²) in [5, 5.41) is 2.53. The molecule has 0 atom stereocenters. The lowest BCUT2D eigenvalue weighted by atomic mass is 10.4. The quantitative estimate of drug-likeness (QED) is 0.499. The van der Waals surface area contributed by atoms with Crippen LogP contribution in [0.1, 0.15) is 6.92 Å². The topological polar surface area (TPSA) is 47.6 Å².